The standard InChI is InChI=1S/C27H27NO3/c1-3-30-27(29)26-20(2)28(17-16-21-10-6-4-7-11-21)25-15-14-23(18-24(25)26)31-19-22-12-8-5-9-13-22/h4-15,18H,3,16-17,19H2,1-2H3. The number of benzene rings is 3. The van der Waals surface area contributed by atoms with Crippen LogP contribution in [0.1, 0.15) is 34.1 Å². The second-order valence-corrected chi connectivity index (χ2v) is 7.52. The lowest BCUT2D eigenvalue weighted by atomic mass is 10.1. The van der Waals surface area contributed by atoms with E-state index in [2.05, 4.69) is 28.8 Å². The molecule has 0 spiro atoms. The molecule has 0 fully saturated rings. The maximum Gasteiger partial charge on any atom is 0.340 e. The van der Waals surface area contributed by atoms with Crippen molar-refractivity contribution in [3.8, 4) is 5.75 Å². The van der Waals surface area contributed by atoms with E-state index in [-0.39, 0.29) is 5.97 Å². The first-order chi connectivity index (χ1) is 15.2. The SMILES string of the molecule is CCOC(=O)c1c(C)n(CCc2ccccc2)c2ccc(OCc3ccccc3)cc12. The summed E-state index contributed by atoms with van der Waals surface area (Å²) in [6, 6.07) is 26.4. The van der Waals surface area contributed by atoms with Gasteiger partial charge in [0, 0.05) is 23.1 Å². The Labute approximate surface area is 183 Å². The first-order valence-corrected chi connectivity index (χ1v) is 10.7. The number of fused-ring (bicyclic) bond motifs is 1. The maximum atomic E-state index is 12.8. The molecule has 1 aromatic heterocycles. The fourth-order valence-electron chi connectivity index (χ4n) is 3.93. The summed E-state index contributed by atoms with van der Waals surface area (Å²) in [5.41, 5.74) is 4.93. The Morgan fingerprint density at radius 1 is 0.903 bits per heavy atom. The third kappa shape index (κ3) is 4.64. The normalized spacial score (nSPS) is 10.9. The minimum absolute atomic E-state index is 0.288. The minimum atomic E-state index is -0.288. The number of aromatic nitrogens is 1. The van der Waals surface area contributed by atoms with Crippen LogP contribution in [0, 0.1) is 6.92 Å². The van der Waals surface area contributed by atoms with Crippen molar-refractivity contribution in [1.29, 1.82) is 0 Å². The van der Waals surface area contributed by atoms with Crippen molar-refractivity contribution in [2.75, 3.05) is 6.61 Å². The lowest BCUT2D eigenvalue weighted by Crippen LogP contribution is -2.08. The zero-order valence-corrected chi connectivity index (χ0v) is 18.0. The number of hydrogen-bond donors (Lipinski definition) is 0. The summed E-state index contributed by atoms with van der Waals surface area (Å²) < 4.78 is 13.6. The highest BCUT2D eigenvalue weighted by Crippen LogP contribution is 2.31. The molecule has 0 radical (unpaired) electrons. The number of carbonyl (C=O) groups excluding carboxylic acids is 1. The molecular weight excluding hydrogens is 386 g/mol. The zero-order valence-electron chi connectivity index (χ0n) is 18.0. The molecule has 0 saturated heterocycles. The Bertz CT molecular complexity index is 1160. The number of ether oxygens (including phenoxy) is 2. The van der Waals surface area contributed by atoms with Crippen LogP contribution in [-0.4, -0.2) is 17.1 Å². The molecule has 0 atom stereocenters. The van der Waals surface area contributed by atoms with Crippen LogP contribution in [-0.2, 0) is 24.3 Å². The van der Waals surface area contributed by atoms with Crippen molar-refractivity contribution in [2.45, 2.75) is 33.4 Å². The summed E-state index contributed by atoms with van der Waals surface area (Å²) in [4.78, 5) is 12.8. The summed E-state index contributed by atoms with van der Waals surface area (Å²) in [6.07, 6.45) is 0.889. The first kappa shape index (κ1) is 20.7. The van der Waals surface area contributed by atoms with Gasteiger partial charge in [0.15, 0.2) is 0 Å². The molecule has 0 unspecified atom stereocenters. The highest BCUT2D eigenvalue weighted by atomic mass is 16.5. The molecule has 3 aromatic carbocycles. The fourth-order valence-corrected chi connectivity index (χ4v) is 3.93. The predicted molar refractivity (Wildman–Crippen MR) is 124 cm³/mol. The fraction of sp³-hybridized carbons (Fsp3) is 0.222. The summed E-state index contributed by atoms with van der Waals surface area (Å²) in [7, 11) is 0. The van der Waals surface area contributed by atoms with E-state index < -0.39 is 0 Å². The van der Waals surface area contributed by atoms with Gasteiger partial charge in [-0.3, -0.25) is 0 Å². The Balaban J connectivity index is 1.67. The molecule has 4 aromatic rings. The third-order valence-electron chi connectivity index (χ3n) is 5.49. The van der Waals surface area contributed by atoms with Gasteiger partial charge in [0.25, 0.3) is 0 Å². The lowest BCUT2D eigenvalue weighted by Gasteiger charge is -2.10. The molecule has 0 aliphatic heterocycles. The molecule has 0 bridgehead atoms. The number of nitrogens with zero attached hydrogens (tertiary/aromatic N) is 1. The highest BCUT2D eigenvalue weighted by molar-refractivity contribution is 6.06. The van der Waals surface area contributed by atoms with Crippen molar-refractivity contribution in [3.63, 3.8) is 0 Å². The van der Waals surface area contributed by atoms with Gasteiger partial charge in [-0.05, 0) is 49.6 Å². The largest absolute Gasteiger partial charge is 0.489 e. The predicted octanol–water partition coefficient (Wildman–Crippen LogP) is 5.95. The first-order valence-electron chi connectivity index (χ1n) is 10.7. The van der Waals surface area contributed by atoms with Crippen molar-refractivity contribution in [1.82, 2.24) is 4.57 Å². The number of esters is 1. The van der Waals surface area contributed by atoms with E-state index in [1.54, 1.807) is 0 Å². The van der Waals surface area contributed by atoms with Gasteiger partial charge in [0.1, 0.15) is 12.4 Å². The van der Waals surface area contributed by atoms with Gasteiger partial charge in [0.05, 0.1) is 12.2 Å². The van der Waals surface area contributed by atoms with Crippen molar-refractivity contribution >= 4 is 16.9 Å². The van der Waals surface area contributed by atoms with Crippen LogP contribution in [0.25, 0.3) is 10.9 Å². The van der Waals surface area contributed by atoms with E-state index in [1.165, 1.54) is 5.56 Å². The summed E-state index contributed by atoms with van der Waals surface area (Å²) in [6.45, 7) is 5.43. The van der Waals surface area contributed by atoms with Gasteiger partial charge in [-0.2, -0.15) is 0 Å². The van der Waals surface area contributed by atoms with Crippen molar-refractivity contribution in [2.24, 2.45) is 0 Å². The number of carbonyl (C=O) groups is 1. The summed E-state index contributed by atoms with van der Waals surface area (Å²) in [5, 5.41) is 0.870. The van der Waals surface area contributed by atoms with Crippen LogP contribution >= 0.6 is 0 Å². The molecule has 0 aliphatic rings. The van der Waals surface area contributed by atoms with E-state index in [9.17, 15) is 4.79 Å². The molecule has 0 N–H and O–H groups in total. The van der Waals surface area contributed by atoms with Gasteiger partial charge < -0.3 is 14.0 Å². The van der Waals surface area contributed by atoms with Gasteiger partial charge in [-0.15, -0.1) is 0 Å². The average Bonchev–Trinajstić information content (AvgIpc) is 3.08. The molecular formula is C27H27NO3. The monoisotopic (exact) mass is 413 g/mol. The van der Waals surface area contributed by atoms with Gasteiger partial charge >= 0.3 is 5.97 Å². The molecule has 31 heavy (non-hydrogen) atoms. The van der Waals surface area contributed by atoms with Gasteiger partial charge in [0.2, 0.25) is 0 Å². The second-order valence-electron chi connectivity index (χ2n) is 7.52. The van der Waals surface area contributed by atoms with E-state index in [0.717, 1.165) is 40.9 Å². The zero-order chi connectivity index (χ0) is 21.6. The number of aryl methyl sites for hydroxylation is 2. The van der Waals surface area contributed by atoms with Crippen LogP contribution in [0.4, 0.5) is 0 Å². The maximum absolute atomic E-state index is 12.8. The number of rotatable bonds is 8. The van der Waals surface area contributed by atoms with Crippen molar-refractivity contribution in [3.05, 3.63) is 101 Å². The Hall–Kier alpha value is -3.53. The van der Waals surface area contributed by atoms with Crippen molar-refractivity contribution < 1.29 is 14.3 Å². The Kier molecular flexibility index (Phi) is 6.37. The highest BCUT2D eigenvalue weighted by Gasteiger charge is 2.21. The summed E-state index contributed by atoms with van der Waals surface area (Å²) in [5.74, 6) is 0.450. The molecule has 4 heteroatoms. The molecule has 0 saturated carbocycles. The van der Waals surface area contributed by atoms with E-state index in [0.29, 0.717) is 18.8 Å². The van der Waals surface area contributed by atoms with Crippen LogP contribution in [0.15, 0.2) is 78.9 Å². The summed E-state index contributed by atoms with van der Waals surface area (Å²) >= 11 is 0. The molecule has 4 nitrogen and oxygen atoms in total. The number of hydrogen-bond acceptors (Lipinski definition) is 3. The van der Waals surface area contributed by atoms with Crippen LogP contribution in [0.3, 0.4) is 0 Å². The van der Waals surface area contributed by atoms with Crippen LogP contribution in [0.2, 0.25) is 0 Å². The second kappa shape index (κ2) is 9.52. The van der Waals surface area contributed by atoms with E-state index >= 15 is 0 Å². The van der Waals surface area contributed by atoms with Gasteiger partial charge in [-0.1, -0.05) is 60.7 Å². The molecule has 1 heterocycles. The molecule has 0 amide bonds. The quantitative estimate of drug-likeness (QED) is 0.335. The Morgan fingerprint density at radius 3 is 2.26 bits per heavy atom. The van der Waals surface area contributed by atoms with Gasteiger partial charge in [-0.25, -0.2) is 4.79 Å². The average molecular weight is 414 g/mol. The third-order valence-corrected chi connectivity index (χ3v) is 5.49. The smallest absolute Gasteiger partial charge is 0.340 e. The lowest BCUT2D eigenvalue weighted by molar-refractivity contribution is 0.0527. The molecule has 4 rings (SSSR count). The van der Waals surface area contributed by atoms with E-state index in [4.69, 9.17) is 9.47 Å². The van der Waals surface area contributed by atoms with E-state index in [1.807, 2.05) is 68.4 Å². The Morgan fingerprint density at radius 2 is 1.58 bits per heavy atom. The molecule has 158 valence electrons. The van der Waals surface area contributed by atoms with Crippen LogP contribution in [0.5, 0.6) is 5.75 Å². The topological polar surface area (TPSA) is 40.5 Å². The minimum Gasteiger partial charge on any atom is -0.489 e. The molecule has 0 aliphatic carbocycles. The van der Waals surface area contributed by atoms with Crippen LogP contribution < -0.4 is 4.74 Å².